The van der Waals surface area contributed by atoms with Crippen molar-refractivity contribution in [3.8, 4) is 0 Å². The number of rotatable bonds is 4. The van der Waals surface area contributed by atoms with Gasteiger partial charge >= 0.3 is 6.03 Å². The van der Waals surface area contributed by atoms with E-state index >= 15 is 0 Å². The monoisotopic (exact) mass is 360 g/mol. The van der Waals surface area contributed by atoms with Crippen LogP contribution in [0, 0.1) is 0 Å². The smallest absolute Gasteiger partial charge is 0.320 e. The lowest BCUT2D eigenvalue weighted by Gasteiger charge is -2.38. The molecule has 1 aromatic rings. The number of hydrogen-bond donors (Lipinski definition) is 0. The molecule has 0 saturated carbocycles. The SMILES string of the molecule is CCN(C(=O)CN1CCN(C(=O)N2CCOCC2)CC1)c1ccccc1. The average Bonchev–Trinajstić information content (AvgIpc) is 2.70. The van der Waals surface area contributed by atoms with Crippen LogP contribution in [-0.4, -0.2) is 92.2 Å². The van der Waals surface area contributed by atoms with Gasteiger partial charge in [-0.2, -0.15) is 0 Å². The summed E-state index contributed by atoms with van der Waals surface area (Å²) in [5, 5.41) is 0. The fourth-order valence-electron chi connectivity index (χ4n) is 3.44. The van der Waals surface area contributed by atoms with Crippen LogP contribution in [0.5, 0.6) is 0 Å². The van der Waals surface area contributed by atoms with Crippen LogP contribution >= 0.6 is 0 Å². The number of carbonyl (C=O) groups is 2. The van der Waals surface area contributed by atoms with Crippen LogP contribution < -0.4 is 4.90 Å². The van der Waals surface area contributed by atoms with E-state index in [1.54, 1.807) is 0 Å². The number of ether oxygens (including phenoxy) is 1. The van der Waals surface area contributed by atoms with Crippen LogP contribution in [0.1, 0.15) is 6.92 Å². The molecule has 0 radical (unpaired) electrons. The van der Waals surface area contributed by atoms with E-state index in [1.165, 1.54) is 0 Å². The summed E-state index contributed by atoms with van der Waals surface area (Å²) >= 11 is 0. The van der Waals surface area contributed by atoms with Gasteiger partial charge in [0.15, 0.2) is 0 Å². The van der Waals surface area contributed by atoms with E-state index in [9.17, 15) is 9.59 Å². The van der Waals surface area contributed by atoms with Crippen molar-refractivity contribution in [2.75, 3.05) is 70.5 Å². The average molecular weight is 360 g/mol. The second kappa shape index (κ2) is 9.00. The molecule has 0 unspecified atom stereocenters. The number of morpholine rings is 1. The van der Waals surface area contributed by atoms with Gasteiger partial charge in [0.1, 0.15) is 0 Å². The molecule has 0 aromatic heterocycles. The Labute approximate surface area is 155 Å². The van der Waals surface area contributed by atoms with Crippen molar-refractivity contribution < 1.29 is 14.3 Å². The highest BCUT2D eigenvalue weighted by Crippen LogP contribution is 2.14. The molecular weight excluding hydrogens is 332 g/mol. The Kier molecular flexibility index (Phi) is 6.46. The topological polar surface area (TPSA) is 56.3 Å². The maximum atomic E-state index is 12.7. The van der Waals surface area contributed by atoms with Crippen LogP contribution in [-0.2, 0) is 9.53 Å². The van der Waals surface area contributed by atoms with Crippen molar-refractivity contribution in [1.29, 1.82) is 0 Å². The van der Waals surface area contributed by atoms with Gasteiger partial charge in [-0.05, 0) is 19.1 Å². The Hall–Kier alpha value is -2.12. The lowest BCUT2D eigenvalue weighted by atomic mass is 10.2. The number of benzene rings is 1. The van der Waals surface area contributed by atoms with Gasteiger partial charge in [0.2, 0.25) is 5.91 Å². The molecule has 2 saturated heterocycles. The van der Waals surface area contributed by atoms with Crippen LogP contribution in [0.15, 0.2) is 30.3 Å². The Bertz CT molecular complexity index is 596. The third-order valence-corrected chi connectivity index (χ3v) is 4.97. The predicted molar refractivity (Wildman–Crippen MR) is 100 cm³/mol. The number of para-hydroxylation sites is 1. The second-order valence-electron chi connectivity index (χ2n) is 6.62. The van der Waals surface area contributed by atoms with Gasteiger partial charge in [0.05, 0.1) is 19.8 Å². The van der Waals surface area contributed by atoms with Crippen molar-refractivity contribution in [3.63, 3.8) is 0 Å². The molecule has 7 nitrogen and oxygen atoms in total. The number of carbonyl (C=O) groups excluding carboxylic acids is 2. The molecule has 0 atom stereocenters. The number of urea groups is 1. The van der Waals surface area contributed by atoms with E-state index in [1.807, 2.05) is 52.0 Å². The van der Waals surface area contributed by atoms with Gasteiger partial charge in [-0.1, -0.05) is 18.2 Å². The molecule has 2 fully saturated rings. The van der Waals surface area contributed by atoms with E-state index in [4.69, 9.17) is 4.74 Å². The summed E-state index contributed by atoms with van der Waals surface area (Å²) in [6.07, 6.45) is 0. The zero-order valence-corrected chi connectivity index (χ0v) is 15.5. The highest BCUT2D eigenvalue weighted by atomic mass is 16.5. The largest absolute Gasteiger partial charge is 0.378 e. The minimum atomic E-state index is 0.0961. The van der Waals surface area contributed by atoms with Gasteiger partial charge in [-0.25, -0.2) is 4.79 Å². The molecule has 2 aliphatic heterocycles. The Morgan fingerprint density at radius 3 is 2.19 bits per heavy atom. The number of anilines is 1. The first-order chi connectivity index (χ1) is 12.7. The number of amides is 3. The molecule has 0 spiro atoms. The van der Waals surface area contributed by atoms with Crippen LogP contribution in [0.4, 0.5) is 10.5 Å². The lowest BCUT2D eigenvalue weighted by Crippen LogP contribution is -2.56. The lowest BCUT2D eigenvalue weighted by molar-refractivity contribution is -0.120. The first kappa shape index (κ1) is 18.7. The zero-order chi connectivity index (χ0) is 18.4. The Balaban J connectivity index is 1.48. The summed E-state index contributed by atoms with van der Waals surface area (Å²) in [6, 6.07) is 9.86. The molecular formula is C19H28N4O3. The zero-order valence-electron chi connectivity index (χ0n) is 15.5. The fourth-order valence-corrected chi connectivity index (χ4v) is 3.44. The quantitative estimate of drug-likeness (QED) is 0.807. The van der Waals surface area contributed by atoms with Crippen molar-refractivity contribution in [2.45, 2.75) is 6.92 Å². The minimum absolute atomic E-state index is 0.0961. The van der Waals surface area contributed by atoms with E-state index in [0.717, 1.165) is 18.8 Å². The molecule has 3 rings (SSSR count). The van der Waals surface area contributed by atoms with Crippen molar-refractivity contribution in [3.05, 3.63) is 30.3 Å². The second-order valence-corrected chi connectivity index (χ2v) is 6.62. The maximum absolute atomic E-state index is 12.7. The normalized spacial score (nSPS) is 18.7. The van der Waals surface area contributed by atoms with Crippen LogP contribution in [0.3, 0.4) is 0 Å². The molecule has 142 valence electrons. The predicted octanol–water partition coefficient (Wildman–Crippen LogP) is 1.11. The van der Waals surface area contributed by atoms with Crippen molar-refractivity contribution in [1.82, 2.24) is 14.7 Å². The number of piperazine rings is 1. The Morgan fingerprint density at radius 1 is 0.962 bits per heavy atom. The van der Waals surface area contributed by atoms with Crippen LogP contribution in [0.2, 0.25) is 0 Å². The molecule has 3 amide bonds. The van der Waals surface area contributed by atoms with E-state index in [-0.39, 0.29) is 11.9 Å². The van der Waals surface area contributed by atoms with E-state index in [2.05, 4.69) is 4.90 Å². The fraction of sp³-hybridized carbons (Fsp3) is 0.579. The highest BCUT2D eigenvalue weighted by Gasteiger charge is 2.27. The van der Waals surface area contributed by atoms with Gasteiger partial charge in [0, 0.05) is 51.5 Å². The molecule has 26 heavy (non-hydrogen) atoms. The third kappa shape index (κ3) is 4.53. The summed E-state index contributed by atoms with van der Waals surface area (Å²) in [7, 11) is 0. The molecule has 0 aliphatic carbocycles. The molecule has 2 aliphatic rings. The first-order valence-corrected chi connectivity index (χ1v) is 9.38. The van der Waals surface area contributed by atoms with Crippen molar-refractivity contribution >= 4 is 17.6 Å². The molecule has 2 heterocycles. The maximum Gasteiger partial charge on any atom is 0.320 e. The van der Waals surface area contributed by atoms with Gasteiger partial charge in [0.25, 0.3) is 0 Å². The van der Waals surface area contributed by atoms with Gasteiger partial charge in [-0.3, -0.25) is 9.69 Å². The van der Waals surface area contributed by atoms with E-state index in [0.29, 0.717) is 52.5 Å². The summed E-state index contributed by atoms with van der Waals surface area (Å²) in [5.74, 6) is 0.103. The minimum Gasteiger partial charge on any atom is -0.378 e. The summed E-state index contributed by atoms with van der Waals surface area (Å²) in [4.78, 5) is 32.9. The molecule has 7 heteroatoms. The molecule has 1 aromatic carbocycles. The molecule has 0 N–H and O–H groups in total. The third-order valence-electron chi connectivity index (χ3n) is 4.97. The van der Waals surface area contributed by atoms with Crippen molar-refractivity contribution in [2.24, 2.45) is 0 Å². The number of nitrogens with zero attached hydrogens (tertiary/aromatic N) is 4. The molecule has 0 bridgehead atoms. The number of hydrogen-bond acceptors (Lipinski definition) is 4. The first-order valence-electron chi connectivity index (χ1n) is 9.38. The standard InChI is InChI=1S/C19H28N4O3/c1-2-23(17-6-4-3-5-7-17)18(24)16-20-8-10-21(11-9-20)19(25)22-12-14-26-15-13-22/h3-7H,2,8-16H2,1H3. The van der Waals surface area contributed by atoms with Crippen LogP contribution in [0.25, 0.3) is 0 Å². The summed E-state index contributed by atoms with van der Waals surface area (Å²) in [5.41, 5.74) is 0.932. The summed E-state index contributed by atoms with van der Waals surface area (Å²) in [6.45, 7) is 8.40. The Morgan fingerprint density at radius 2 is 1.58 bits per heavy atom. The summed E-state index contributed by atoms with van der Waals surface area (Å²) < 4.78 is 5.30. The van der Waals surface area contributed by atoms with E-state index < -0.39 is 0 Å². The van der Waals surface area contributed by atoms with Gasteiger partial charge < -0.3 is 19.4 Å². The van der Waals surface area contributed by atoms with Gasteiger partial charge in [-0.15, -0.1) is 0 Å². The highest BCUT2D eigenvalue weighted by molar-refractivity contribution is 5.94. The number of likely N-dealkylation sites (N-methyl/N-ethyl adjacent to an activating group) is 1.